The molecule has 6 nitrogen and oxygen atoms in total. The number of hydrogen-bond acceptors (Lipinski definition) is 4. The van der Waals surface area contributed by atoms with E-state index in [1.807, 2.05) is 29.1 Å². The largest absolute Gasteiger partial charge is 0.350 e. The summed E-state index contributed by atoms with van der Waals surface area (Å²) in [5.74, 6) is -0.126. The molecule has 3 rings (SSSR count). The second kappa shape index (κ2) is 7.17. The Morgan fingerprint density at radius 3 is 3.14 bits per heavy atom. The molecule has 2 aromatic rings. The molecule has 3 heterocycles. The highest BCUT2D eigenvalue weighted by Crippen LogP contribution is 2.15. The molecule has 0 saturated carbocycles. The van der Waals surface area contributed by atoms with Crippen LogP contribution in [0.4, 0.5) is 0 Å². The number of amides is 1. The molecule has 0 radical (unpaired) electrons. The first-order valence-corrected chi connectivity index (χ1v) is 7.77. The molecule has 1 aliphatic rings. The Balaban J connectivity index is 1.51. The van der Waals surface area contributed by atoms with Gasteiger partial charge < -0.3 is 10.6 Å². The maximum absolute atomic E-state index is 12.1. The van der Waals surface area contributed by atoms with E-state index in [1.165, 1.54) is 0 Å². The van der Waals surface area contributed by atoms with Crippen molar-refractivity contribution in [2.24, 2.45) is 0 Å². The van der Waals surface area contributed by atoms with Crippen molar-refractivity contribution in [1.82, 2.24) is 25.4 Å². The third kappa shape index (κ3) is 3.71. The number of rotatable bonds is 5. The lowest BCUT2D eigenvalue weighted by atomic mass is 10.1. The highest BCUT2D eigenvalue weighted by atomic mass is 16.1. The van der Waals surface area contributed by atoms with Crippen LogP contribution >= 0.6 is 0 Å². The Morgan fingerprint density at radius 1 is 1.41 bits per heavy atom. The van der Waals surface area contributed by atoms with Gasteiger partial charge in [-0.2, -0.15) is 5.10 Å². The number of aromatic nitrogens is 3. The first-order chi connectivity index (χ1) is 10.8. The third-order valence-electron chi connectivity index (χ3n) is 3.88. The van der Waals surface area contributed by atoms with Gasteiger partial charge in [0.1, 0.15) is 5.69 Å². The van der Waals surface area contributed by atoms with Crippen molar-refractivity contribution in [2.75, 3.05) is 19.6 Å². The molecule has 1 aliphatic heterocycles. The number of hydrogen-bond donors (Lipinski definition) is 2. The van der Waals surface area contributed by atoms with Crippen molar-refractivity contribution in [3.05, 3.63) is 48.0 Å². The predicted octanol–water partition coefficient (Wildman–Crippen LogP) is 1.18. The summed E-state index contributed by atoms with van der Waals surface area (Å²) in [5, 5.41) is 10.7. The van der Waals surface area contributed by atoms with E-state index in [0.29, 0.717) is 18.3 Å². The van der Waals surface area contributed by atoms with Gasteiger partial charge in [-0.3, -0.25) is 14.5 Å². The molecule has 2 aromatic heterocycles. The molecule has 1 fully saturated rings. The normalized spacial score (nSPS) is 18.1. The van der Waals surface area contributed by atoms with E-state index in [4.69, 9.17) is 0 Å². The highest BCUT2D eigenvalue weighted by Gasteiger charge is 2.17. The minimum absolute atomic E-state index is 0.126. The maximum Gasteiger partial charge on any atom is 0.271 e. The molecule has 116 valence electrons. The number of nitrogens with zero attached hydrogens (tertiary/aromatic N) is 3. The summed E-state index contributed by atoms with van der Waals surface area (Å²) in [6, 6.07) is 7.92. The Hall–Kier alpha value is -2.21. The SMILES string of the molecule is O=C(NCCc1ccccn1)c1ccn([C@@H]2CCCNC2)n1. The van der Waals surface area contributed by atoms with Gasteiger partial charge in [0.15, 0.2) is 0 Å². The molecule has 0 unspecified atom stereocenters. The zero-order valence-electron chi connectivity index (χ0n) is 12.5. The van der Waals surface area contributed by atoms with E-state index in [2.05, 4.69) is 20.7 Å². The molecule has 0 bridgehead atoms. The molecule has 1 saturated heterocycles. The van der Waals surface area contributed by atoms with Crippen LogP contribution in [0.1, 0.15) is 35.1 Å². The molecule has 0 aromatic carbocycles. The van der Waals surface area contributed by atoms with Crippen LogP contribution in [0, 0.1) is 0 Å². The molecule has 2 N–H and O–H groups in total. The topological polar surface area (TPSA) is 71.8 Å². The summed E-state index contributed by atoms with van der Waals surface area (Å²) < 4.78 is 1.90. The van der Waals surface area contributed by atoms with Crippen LogP contribution in [-0.2, 0) is 6.42 Å². The van der Waals surface area contributed by atoms with E-state index in [9.17, 15) is 4.79 Å². The fraction of sp³-hybridized carbons (Fsp3) is 0.438. The van der Waals surface area contributed by atoms with Gasteiger partial charge in [0.25, 0.3) is 5.91 Å². The molecular formula is C16H21N5O. The summed E-state index contributed by atoms with van der Waals surface area (Å²) in [6.45, 7) is 2.55. The number of piperidine rings is 1. The van der Waals surface area contributed by atoms with Crippen LogP contribution < -0.4 is 10.6 Å². The van der Waals surface area contributed by atoms with Crippen molar-refractivity contribution in [2.45, 2.75) is 25.3 Å². The van der Waals surface area contributed by atoms with Crippen molar-refractivity contribution >= 4 is 5.91 Å². The molecule has 22 heavy (non-hydrogen) atoms. The van der Waals surface area contributed by atoms with Gasteiger partial charge in [0, 0.05) is 37.6 Å². The second-order valence-corrected chi connectivity index (χ2v) is 5.51. The smallest absolute Gasteiger partial charge is 0.271 e. The van der Waals surface area contributed by atoms with Crippen LogP contribution in [0.15, 0.2) is 36.7 Å². The Labute approximate surface area is 129 Å². The van der Waals surface area contributed by atoms with Crippen molar-refractivity contribution in [3.8, 4) is 0 Å². The summed E-state index contributed by atoms with van der Waals surface area (Å²) in [5.41, 5.74) is 1.45. The minimum Gasteiger partial charge on any atom is -0.350 e. The Bertz CT molecular complexity index is 604. The lowest BCUT2D eigenvalue weighted by molar-refractivity contribution is 0.0947. The van der Waals surface area contributed by atoms with Crippen molar-refractivity contribution in [3.63, 3.8) is 0 Å². The number of pyridine rings is 1. The highest BCUT2D eigenvalue weighted by molar-refractivity contribution is 5.92. The van der Waals surface area contributed by atoms with Gasteiger partial charge in [-0.1, -0.05) is 6.07 Å². The average molecular weight is 299 g/mol. The van der Waals surface area contributed by atoms with Crippen LogP contribution in [-0.4, -0.2) is 40.3 Å². The predicted molar refractivity (Wildman–Crippen MR) is 83.6 cm³/mol. The zero-order chi connectivity index (χ0) is 15.2. The van der Waals surface area contributed by atoms with Crippen molar-refractivity contribution < 1.29 is 4.79 Å². The first-order valence-electron chi connectivity index (χ1n) is 7.77. The van der Waals surface area contributed by atoms with Crippen molar-refractivity contribution in [1.29, 1.82) is 0 Å². The van der Waals surface area contributed by atoms with Gasteiger partial charge in [-0.15, -0.1) is 0 Å². The lowest BCUT2D eigenvalue weighted by Crippen LogP contribution is -2.32. The zero-order valence-corrected chi connectivity index (χ0v) is 12.5. The van der Waals surface area contributed by atoms with Gasteiger partial charge in [-0.05, 0) is 37.6 Å². The fourth-order valence-corrected chi connectivity index (χ4v) is 2.66. The molecule has 1 atom stereocenters. The summed E-state index contributed by atoms with van der Waals surface area (Å²) >= 11 is 0. The van der Waals surface area contributed by atoms with Crippen LogP contribution in [0.2, 0.25) is 0 Å². The van der Waals surface area contributed by atoms with Crippen LogP contribution in [0.3, 0.4) is 0 Å². The van der Waals surface area contributed by atoms with Gasteiger partial charge in [0.05, 0.1) is 6.04 Å². The van der Waals surface area contributed by atoms with E-state index in [0.717, 1.165) is 38.0 Å². The standard InChI is InChI=1S/C16H21N5O/c22-16(19-10-6-13-4-1-2-9-18-13)15-7-11-21(20-15)14-5-3-8-17-12-14/h1-2,4,7,9,11,14,17H,3,5-6,8,10,12H2,(H,19,22)/t14-/m1/s1. The van der Waals surface area contributed by atoms with E-state index >= 15 is 0 Å². The maximum atomic E-state index is 12.1. The molecular weight excluding hydrogens is 278 g/mol. The molecule has 0 aliphatic carbocycles. The Morgan fingerprint density at radius 2 is 2.36 bits per heavy atom. The first kappa shape index (κ1) is 14.7. The molecule has 0 spiro atoms. The number of carbonyl (C=O) groups is 1. The van der Waals surface area contributed by atoms with Gasteiger partial charge >= 0.3 is 0 Å². The lowest BCUT2D eigenvalue weighted by Gasteiger charge is -2.22. The Kier molecular flexibility index (Phi) is 4.80. The van der Waals surface area contributed by atoms with Crippen LogP contribution in [0.25, 0.3) is 0 Å². The van der Waals surface area contributed by atoms with Gasteiger partial charge in [0.2, 0.25) is 0 Å². The minimum atomic E-state index is -0.126. The summed E-state index contributed by atoms with van der Waals surface area (Å²) in [4.78, 5) is 16.3. The van der Waals surface area contributed by atoms with E-state index in [-0.39, 0.29) is 5.91 Å². The number of carbonyl (C=O) groups excluding carboxylic acids is 1. The number of nitrogens with one attached hydrogen (secondary N) is 2. The van der Waals surface area contributed by atoms with E-state index < -0.39 is 0 Å². The third-order valence-corrected chi connectivity index (χ3v) is 3.88. The van der Waals surface area contributed by atoms with Gasteiger partial charge in [-0.25, -0.2) is 0 Å². The monoisotopic (exact) mass is 299 g/mol. The average Bonchev–Trinajstić information content (AvgIpc) is 3.07. The molecule has 6 heteroatoms. The quantitative estimate of drug-likeness (QED) is 0.869. The summed E-state index contributed by atoms with van der Waals surface area (Å²) in [7, 11) is 0. The van der Waals surface area contributed by atoms with E-state index in [1.54, 1.807) is 12.3 Å². The van der Waals surface area contributed by atoms with Crippen LogP contribution in [0.5, 0.6) is 0 Å². The molecule has 1 amide bonds. The summed E-state index contributed by atoms with van der Waals surface area (Å²) in [6.07, 6.45) is 6.63. The fourth-order valence-electron chi connectivity index (χ4n) is 2.66. The second-order valence-electron chi connectivity index (χ2n) is 5.51.